The largest absolute Gasteiger partial charge is 0.396 e. The summed E-state index contributed by atoms with van der Waals surface area (Å²) in [6, 6.07) is 5.57. The molecule has 0 aromatic carbocycles. The minimum atomic E-state index is -0.161. The summed E-state index contributed by atoms with van der Waals surface area (Å²) < 4.78 is 1.75. The van der Waals surface area contributed by atoms with Gasteiger partial charge in [0, 0.05) is 24.6 Å². The van der Waals surface area contributed by atoms with E-state index >= 15 is 0 Å². The van der Waals surface area contributed by atoms with Crippen LogP contribution in [0.5, 0.6) is 0 Å². The van der Waals surface area contributed by atoms with E-state index < -0.39 is 0 Å². The molecule has 1 amide bonds. The predicted octanol–water partition coefficient (Wildman–Crippen LogP) is 1.18. The summed E-state index contributed by atoms with van der Waals surface area (Å²) in [7, 11) is 0. The van der Waals surface area contributed by atoms with Crippen molar-refractivity contribution in [2.75, 3.05) is 18.6 Å². The van der Waals surface area contributed by atoms with Gasteiger partial charge in [-0.15, -0.1) is 0 Å². The lowest BCUT2D eigenvalue weighted by atomic mass is 10.2. The highest BCUT2D eigenvalue weighted by Gasteiger charge is 2.16. The van der Waals surface area contributed by atoms with Gasteiger partial charge in [-0.1, -0.05) is 6.07 Å². The van der Waals surface area contributed by atoms with Gasteiger partial charge >= 0.3 is 0 Å². The lowest BCUT2D eigenvalue weighted by Gasteiger charge is -2.16. The van der Waals surface area contributed by atoms with E-state index in [9.17, 15) is 4.79 Å². The van der Waals surface area contributed by atoms with Crippen LogP contribution in [0.2, 0.25) is 0 Å². The van der Waals surface area contributed by atoms with Gasteiger partial charge in [0.1, 0.15) is 11.3 Å². The number of thioether (sulfide) groups is 1. The number of carbonyl (C=O) groups is 1. The SMILES string of the molecule is CSCC(CCO)NC(=O)c1cnc2ccccn12. The van der Waals surface area contributed by atoms with Crippen LogP contribution in [0.1, 0.15) is 16.9 Å². The van der Waals surface area contributed by atoms with E-state index in [0.717, 1.165) is 11.4 Å². The molecule has 0 bridgehead atoms. The van der Waals surface area contributed by atoms with Crippen LogP contribution in [-0.4, -0.2) is 45.1 Å². The maximum Gasteiger partial charge on any atom is 0.270 e. The normalized spacial score (nSPS) is 12.5. The van der Waals surface area contributed by atoms with Crippen molar-refractivity contribution in [1.82, 2.24) is 14.7 Å². The van der Waals surface area contributed by atoms with Gasteiger partial charge in [0.15, 0.2) is 0 Å². The molecule has 2 aromatic heterocycles. The number of hydrogen-bond acceptors (Lipinski definition) is 4. The molecule has 0 fully saturated rings. The summed E-state index contributed by atoms with van der Waals surface area (Å²) >= 11 is 1.64. The third kappa shape index (κ3) is 3.27. The topological polar surface area (TPSA) is 66.6 Å². The van der Waals surface area contributed by atoms with Crippen molar-refractivity contribution in [3.63, 3.8) is 0 Å². The minimum absolute atomic E-state index is 0.0261. The molecule has 5 nitrogen and oxygen atoms in total. The molecule has 1 unspecified atom stereocenters. The number of hydrogen-bond donors (Lipinski definition) is 2. The highest BCUT2D eigenvalue weighted by Crippen LogP contribution is 2.08. The fourth-order valence-electron chi connectivity index (χ4n) is 1.91. The van der Waals surface area contributed by atoms with Crippen molar-refractivity contribution in [3.8, 4) is 0 Å². The zero-order chi connectivity index (χ0) is 13.7. The Morgan fingerprint density at radius 1 is 1.58 bits per heavy atom. The van der Waals surface area contributed by atoms with Gasteiger partial charge in [0.05, 0.1) is 6.20 Å². The summed E-state index contributed by atoms with van der Waals surface area (Å²) in [5, 5.41) is 11.9. The number of nitrogens with one attached hydrogen (secondary N) is 1. The van der Waals surface area contributed by atoms with Gasteiger partial charge < -0.3 is 10.4 Å². The molecule has 19 heavy (non-hydrogen) atoms. The number of pyridine rings is 1. The lowest BCUT2D eigenvalue weighted by Crippen LogP contribution is -2.37. The van der Waals surface area contributed by atoms with Crippen LogP contribution in [0.15, 0.2) is 30.6 Å². The molecular formula is C13H17N3O2S. The molecule has 2 aromatic rings. The Morgan fingerprint density at radius 2 is 2.42 bits per heavy atom. The molecule has 0 aliphatic carbocycles. The number of rotatable bonds is 6. The van der Waals surface area contributed by atoms with E-state index in [1.807, 2.05) is 30.7 Å². The number of nitrogens with zero attached hydrogens (tertiary/aromatic N) is 2. The van der Waals surface area contributed by atoms with Crippen molar-refractivity contribution in [2.45, 2.75) is 12.5 Å². The Bertz CT molecular complexity index is 550. The van der Waals surface area contributed by atoms with Gasteiger partial charge in [-0.05, 0) is 24.8 Å². The first-order valence-corrected chi connectivity index (χ1v) is 7.48. The molecule has 0 radical (unpaired) electrons. The minimum Gasteiger partial charge on any atom is -0.396 e. The van der Waals surface area contributed by atoms with E-state index in [-0.39, 0.29) is 18.6 Å². The third-order valence-electron chi connectivity index (χ3n) is 2.83. The summed E-state index contributed by atoms with van der Waals surface area (Å²) in [5.74, 6) is 0.620. The first-order chi connectivity index (χ1) is 9.26. The van der Waals surface area contributed by atoms with Gasteiger partial charge in [0.25, 0.3) is 5.91 Å². The van der Waals surface area contributed by atoms with Gasteiger partial charge in [-0.2, -0.15) is 11.8 Å². The first kappa shape index (κ1) is 13.9. The zero-order valence-electron chi connectivity index (χ0n) is 10.7. The van der Waals surface area contributed by atoms with Crippen LogP contribution in [0.3, 0.4) is 0 Å². The second-order valence-corrected chi connectivity index (χ2v) is 5.12. The molecule has 2 rings (SSSR count). The molecule has 102 valence electrons. The fraction of sp³-hybridized carbons (Fsp3) is 0.385. The number of aliphatic hydroxyl groups excluding tert-OH is 1. The maximum absolute atomic E-state index is 12.2. The molecule has 1 atom stereocenters. The summed E-state index contributed by atoms with van der Waals surface area (Å²) in [5.41, 5.74) is 1.26. The van der Waals surface area contributed by atoms with Crippen molar-refractivity contribution in [3.05, 3.63) is 36.3 Å². The predicted molar refractivity (Wildman–Crippen MR) is 76.5 cm³/mol. The van der Waals surface area contributed by atoms with Gasteiger partial charge in [-0.3, -0.25) is 9.20 Å². The Balaban J connectivity index is 2.14. The monoisotopic (exact) mass is 279 g/mol. The van der Waals surface area contributed by atoms with Crippen molar-refractivity contribution in [1.29, 1.82) is 0 Å². The smallest absolute Gasteiger partial charge is 0.270 e. The van der Waals surface area contributed by atoms with Crippen LogP contribution in [0.4, 0.5) is 0 Å². The first-order valence-electron chi connectivity index (χ1n) is 6.09. The highest BCUT2D eigenvalue weighted by molar-refractivity contribution is 7.98. The third-order valence-corrected chi connectivity index (χ3v) is 3.57. The average Bonchev–Trinajstić information content (AvgIpc) is 2.83. The van der Waals surface area contributed by atoms with Crippen LogP contribution in [0, 0.1) is 0 Å². The van der Waals surface area contributed by atoms with E-state index in [1.54, 1.807) is 22.4 Å². The fourth-order valence-corrected chi connectivity index (χ4v) is 2.57. The van der Waals surface area contributed by atoms with E-state index in [0.29, 0.717) is 12.1 Å². The molecule has 2 heterocycles. The summed E-state index contributed by atoms with van der Waals surface area (Å²) in [6.45, 7) is 0.0681. The molecule has 0 saturated heterocycles. The Morgan fingerprint density at radius 3 is 3.16 bits per heavy atom. The van der Waals surface area contributed by atoms with E-state index in [4.69, 9.17) is 5.11 Å². The Labute approximate surface area is 116 Å². The van der Waals surface area contributed by atoms with Crippen molar-refractivity contribution in [2.24, 2.45) is 0 Å². The maximum atomic E-state index is 12.2. The highest BCUT2D eigenvalue weighted by atomic mass is 32.2. The van der Waals surface area contributed by atoms with E-state index in [2.05, 4.69) is 10.3 Å². The molecule has 2 N–H and O–H groups in total. The molecular weight excluding hydrogens is 262 g/mol. The molecule has 0 aliphatic rings. The number of carbonyl (C=O) groups excluding carboxylic acids is 1. The van der Waals surface area contributed by atoms with Crippen LogP contribution in [0.25, 0.3) is 5.65 Å². The molecule has 6 heteroatoms. The van der Waals surface area contributed by atoms with Crippen LogP contribution < -0.4 is 5.32 Å². The van der Waals surface area contributed by atoms with Gasteiger partial charge in [0.2, 0.25) is 0 Å². The summed E-state index contributed by atoms with van der Waals surface area (Å²) in [6.07, 6.45) is 5.92. The number of imidazole rings is 1. The Kier molecular flexibility index (Phi) is 4.81. The quantitative estimate of drug-likeness (QED) is 0.833. The molecule has 0 saturated carbocycles. The van der Waals surface area contributed by atoms with Crippen LogP contribution in [-0.2, 0) is 0 Å². The number of fused-ring (bicyclic) bond motifs is 1. The number of amides is 1. The second-order valence-electron chi connectivity index (χ2n) is 4.21. The standard InChI is InChI=1S/C13H17N3O2S/c1-19-9-10(5-7-17)15-13(18)11-8-14-12-4-2-3-6-16(11)12/h2-4,6,8,10,17H,5,7,9H2,1H3,(H,15,18). The van der Waals surface area contributed by atoms with Crippen LogP contribution >= 0.6 is 11.8 Å². The van der Waals surface area contributed by atoms with E-state index in [1.165, 1.54) is 0 Å². The van der Waals surface area contributed by atoms with Crippen molar-refractivity contribution < 1.29 is 9.90 Å². The van der Waals surface area contributed by atoms with Gasteiger partial charge in [-0.25, -0.2) is 4.98 Å². The zero-order valence-corrected chi connectivity index (χ0v) is 11.6. The number of aromatic nitrogens is 2. The molecule has 0 aliphatic heterocycles. The molecule has 0 spiro atoms. The van der Waals surface area contributed by atoms with Crippen molar-refractivity contribution >= 4 is 23.3 Å². The second kappa shape index (κ2) is 6.58. The lowest BCUT2D eigenvalue weighted by molar-refractivity contribution is 0.0929. The average molecular weight is 279 g/mol. The Hall–Kier alpha value is -1.53. The number of aliphatic hydroxyl groups is 1. The summed E-state index contributed by atoms with van der Waals surface area (Å²) in [4.78, 5) is 16.4.